The number of benzene rings is 1. The molecule has 2 rings (SSSR count). The summed E-state index contributed by atoms with van der Waals surface area (Å²) >= 11 is 4.29. The zero-order chi connectivity index (χ0) is 14.3. The molecule has 1 aromatic carbocycles. The largest absolute Gasteiger partial charge is 0.387 e. The van der Waals surface area contributed by atoms with Gasteiger partial charge in [0.15, 0.2) is 0 Å². The average Bonchev–Trinajstić information content (AvgIpc) is 2.37. The van der Waals surface area contributed by atoms with E-state index in [0.29, 0.717) is 0 Å². The molecule has 0 saturated heterocycles. The molecule has 0 bridgehead atoms. The SMILES string of the molecule is CN/C(=C\S)c1ccc2c(c1)C(C)(C)CCC2(C)C. The second-order valence-electron chi connectivity index (χ2n) is 6.82. The van der Waals surface area contributed by atoms with Crippen molar-refractivity contribution in [1.29, 1.82) is 0 Å². The van der Waals surface area contributed by atoms with E-state index in [2.05, 4.69) is 63.8 Å². The lowest BCUT2D eigenvalue weighted by molar-refractivity contribution is 0.332. The predicted molar refractivity (Wildman–Crippen MR) is 87.8 cm³/mol. The highest BCUT2D eigenvalue weighted by Gasteiger charge is 2.36. The van der Waals surface area contributed by atoms with Gasteiger partial charge >= 0.3 is 0 Å². The highest BCUT2D eigenvalue weighted by Crippen LogP contribution is 2.46. The van der Waals surface area contributed by atoms with Crippen molar-refractivity contribution in [2.45, 2.75) is 51.4 Å². The van der Waals surface area contributed by atoms with Gasteiger partial charge in [0.1, 0.15) is 0 Å². The fourth-order valence-corrected chi connectivity index (χ4v) is 3.32. The second kappa shape index (κ2) is 4.90. The van der Waals surface area contributed by atoms with Crippen molar-refractivity contribution in [3.63, 3.8) is 0 Å². The maximum absolute atomic E-state index is 4.29. The molecule has 0 saturated carbocycles. The summed E-state index contributed by atoms with van der Waals surface area (Å²) in [4.78, 5) is 0. The number of rotatable bonds is 2. The van der Waals surface area contributed by atoms with Crippen LogP contribution < -0.4 is 5.32 Å². The second-order valence-corrected chi connectivity index (χ2v) is 7.08. The van der Waals surface area contributed by atoms with Crippen molar-refractivity contribution in [1.82, 2.24) is 5.32 Å². The van der Waals surface area contributed by atoms with E-state index < -0.39 is 0 Å². The molecule has 1 aromatic rings. The van der Waals surface area contributed by atoms with Crippen molar-refractivity contribution in [2.24, 2.45) is 0 Å². The summed E-state index contributed by atoms with van der Waals surface area (Å²) in [7, 11) is 1.94. The maximum Gasteiger partial charge on any atom is 0.0472 e. The van der Waals surface area contributed by atoms with Crippen LogP contribution in [0.3, 0.4) is 0 Å². The van der Waals surface area contributed by atoms with Crippen molar-refractivity contribution in [3.8, 4) is 0 Å². The standard InChI is InChI=1S/C17H25NS/c1-16(2)8-9-17(3,4)14-10-12(6-7-13(14)16)15(11-19)18-5/h6-7,10-11,18-19H,8-9H2,1-5H3/b15-11-. The molecule has 1 aliphatic rings. The van der Waals surface area contributed by atoms with E-state index in [4.69, 9.17) is 0 Å². The molecule has 0 aliphatic heterocycles. The van der Waals surface area contributed by atoms with Crippen molar-refractivity contribution >= 4 is 18.3 Å². The first kappa shape index (κ1) is 14.5. The van der Waals surface area contributed by atoms with Crippen LogP contribution in [0.4, 0.5) is 0 Å². The Morgan fingerprint density at radius 3 is 2.21 bits per heavy atom. The Morgan fingerprint density at radius 2 is 1.68 bits per heavy atom. The van der Waals surface area contributed by atoms with Gasteiger partial charge in [-0.15, -0.1) is 12.6 Å². The molecule has 0 spiro atoms. The molecular weight excluding hydrogens is 250 g/mol. The highest BCUT2D eigenvalue weighted by atomic mass is 32.1. The van der Waals surface area contributed by atoms with Crippen molar-refractivity contribution in [2.75, 3.05) is 7.05 Å². The monoisotopic (exact) mass is 275 g/mol. The molecule has 0 heterocycles. The van der Waals surface area contributed by atoms with Gasteiger partial charge in [-0.1, -0.05) is 39.8 Å². The van der Waals surface area contributed by atoms with Gasteiger partial charge in [0.2, 0.25) is 0 Å². The Hall–Kier alpha value is -0.890. The van der Waals surface area contributed by atoms with E-state index in [0.717, 1.165) is 5.70 Å². The third-order valence-corrected chi connectivity index (χ3v) is 4.82. The van der Waals surface area contributed by atoms with Gasteiger partial charge in [0.05, 0.1) is 0 Å². The summed E-state index contributed by atoms with van der Waals surface area (Å²) in [5, 5.41) is 5.04. The van der Waals surface area contributed by atoms with Crippen LogP contribution in [0, 0.1) is 0 Å². The van der Waals surface area contributed by atoms with Gasteiger partial charge < -0.3 is 5.32 Å². The van der Waals surface area contributed by atoms with Gasteiger partial charge in [0, 0.05) is 12.7 Å². The van der Waals surface area contributed by atoms with Gasteiger partial charge in [-0.25, -0.2) is 0 Å². The van der Waals surface area contributed by atoms with Crippen LogP contribution in [0.25, 0.3) is 5.70 Å². The van der Waals surface area contributed by atoms with Gasteiger partial charge in [0.25, 0.3) is 0 Å². The smallest absolute Gasteiger partial charge is 0.0472 e. The van der Waals surface area contributed by atoms with Crippen LogP contribution in [0.5, 0.6) is 0 Å². The number of hydrogen-bond acceptors (Lipinski definition) is 2. The summed E-state index contributed by atoms with van der Waals surface area (Å²) in [6.07, 6.45) is 2.50. The Labute approximate surface area is 122 Å². The maximum atomic E-state index is 4.29. The van der Waals surface area contributed by atoms with E-state index >= 15 is 0 Å². The minimum atomic E-state index is 0.260. The normalized spacial score (nSPS) is 20.8. The molecule has 0 unspecified atom stereocenters. The Balaban J connectivity index is 2.60. The molecule has 104 valence electrons. The quantitative estimate of drug-likeness (QED) is 0.758. The minimum Gasteiger partial charge on any atom is -0.387 e. The molecule has 1 nitrogen and oxygen atoms in total. The Morgan fingerprint density at radius 1 is 1.11 bits per heavy atom. The topological polar surface area (TPSA) is 12.0 Å². The van der Waals surface area contributed by atoms with E-state index in [1.165, 1.54) is 29.5 Å². The molecular formula is C17H25NS. The predicted octanol–water partition coefficient (Wildman–Crippen LogP) is 4.48. The third-order valence-electron chi connectivity index (χ3n) is 4.56. The zero-order valence-corrected chi connectivity index (χ0v) is 13.6. The number of thiol groups is 1. The molecule has 0 radical (unpaired) electrons. The molecule has 0 fully saturated rings. The van der Waals surface area contributed by atoms with Crippen LogP contribution >= 0.6 is 12.6 Å². The van der Waals surface area contributed by atoms with E-state index in [9.17, 15) is 0 Å². The van der Waals surface area contributed by atoms with E-state index in [1.807, 2.05) is 12.5 Å². The van der Waals surface area contributed by atoms with E-state index in [-0.39, 0.29) is 10.8 Å². The highest BCUT2D eigenvalue weighted by molar-refractivity contribution is 7.83. The fraction of sp³-hybridized carbons (Fsp3) is 0.529. The van der Waals surface area contributed by atoms with Gasteiger partial charge in [-0.3, -0.25) is 0 Å². The third kappa shape index (κ3) is 2.55. The van der Waals surface area contributed by atoms with Crippen molar-refractivity contribution < 1.29 is 0 Å². The number of fused-ring (bicyclic) bond motifs is 1. The van der Waals surface area contributed by atoms with Crippen LogP contribution in [-0.2, 0) is 10.8 Å². The van der Waals surface area contributed by atoms with Crippen LogP contribution in [0.15, 0.2) is 23.6 Å². The zero-order valence-electron chi connectivity index (χ0n) is 12.7. The molecule has 0 aromatic heterocycles. The summed E-state index contributed by atoms with van der Waals surface area (Å²) in [6.45, 7) is 9.42. The average molecular weight is 275 g/mol. The first-order valence-electron chi connectivity index (χ1n) is 6.99. The molecule has 1 aliphatic carbocycles. The summed E-state index contributed by atoms with van der Waals surface area (Å²) in [5.41, 5.74) is 5.84. The fourth-order valence-electron chi connectivity index (χ4n) is 3.04. The van der Waals surface area contributed by atoms with Crippen LogP contribution in [-0.4, -0.2) is 7.05 Å². The molecule has 1 N–H and O–H groups in total. The van der Waals surface area contributed by atoms with Gasteiger partial charge in [-0.05, 0) is 51.8 Å². The summed E-state index contributed by atoms with van der Waals surface area (Å²) in [5.74, 6) is 0. The molecule has 2 heteroatoms. The minimum absolute atomic E-state index is 0.260. The van der Waals surface area contributed by atoms with Crippen LogP contribution in [0.2, 0.25) is 0 Å². The van der Waals surface area contributed by atoms with Gasteiger partial charge in [-0.2, -0.15) is 0 Å². The molecule has 19 heavy (non-hydrogen) atoms. The molecule has 0 atom stereocenters. The van der Waals surface area contributed by atoms with E-state index in [1.54, 1.807) is 0 Å². The first-order valence-corrected chi connectivity index (χ1v) is 7.51. The Bertz CT molecular complexity index is 512. The number of hydrogen-bond donors (Lipinski definition) is 2. The van der Waals surface area contributed by atoms with Crippen molar-refractivity contribution in [3.05, 3.63) is 40.3 Å². The first-order chi connectivity index (χ1) is 8.81. The lowest BCUT2D eigenvalue weighted by Gasteiger charge is -2.42. The lowest BCUT2D eigenvalue weighted by Crippen LogP contribution is -2.34. The summed E-state index contributed by atoms with van der Waals surface area (Å²) < 4.78 is 0. The Kier molecular flexibility index (Phi) is 3.74. The number of nitrogens with one attached hydrogen (secondary N) is 1. The lowest BCUT2D eigenvalue weighted by atomic mass is 9.63. The molecule has 0 amide bonds. The summed E-state index contributed by atoms with van der Waals surface area (Å²) in [6, 6.07) is 6.86. The van der Waals surface area contributed by atoms with Crippen LogP contribution in [0.1, 0.15) is 57.2 Å².